The maximum absolute atomic E-state index is 9.16. The second kappa shape index (κ2) is 8.57. The molecule has 0 aromatic heterocycles. The molecule has 0 aromatic carbocycles. The lowest BCUT2D eigenvalue weighted by Crippen LogP contribution is -2.41. The van der Waals surface area contributed by atoms with Crippen LogP contribution in [0.25, 0.3) is 0 Å². The lowest BCUT2D eigenvalue weighted by molar-refractivity contribution is 0.0449. The van der Waals surface area contributed by atoms with Crippen LogP contribution >= 0.6 is 0 Å². The Morgan fingerprint density at radius 3 is 1.93 bits per heavy atom. The fourth-order valence-electron chi connectivity index (χ4n) is 1.16. The van der Waals surface area contributed by atoms with Crippen LogP contribution in [0.1, 0.15) is 0 Å². The highest BCUT2D eigenvalue weighted by Gasteiger charge is 2.12. The number of rotatable bonds is 2. The van der Waals surface area contributed by atoms with E-state index in [2.05, 4.69) is 4.90 Å². The number of ether oxygens (including phenoxy) is 1. The lowest BCUT2D eigenvalue weighted by Gasteiger charge is -2.26. The van der Waals surface area contributed by atoms with E-state index in [0.29, 0.717) is 0 Å². The minimum atomic E-state index is -1.37. The maximum atomic E-state index is 9.16. The summed E-state index contributed by atoms with van der Waals surface area (Å²) in [5.41, 5.74) is 0. The topological polar surface area (TPSA) is 52.9 Å². The molecule has 1 fully saturated rings. The van der Waals surface area contributed by atoms with Crippen molar-refractivity contribution in [1.82, 2.24) is 4.90 Å². The molecule has 1 unspecified atom stereocenters. The summed E-state index contributed by atoms with van der Waals surface area (Å²) in [6.07, 6.45) is 0.920. The zero-order valence-corrected chi connectivity index (χ0v) is 11.7. The van der Waals surface area contributed by atoms with Gasteiger partial charge >= 0.3 is 0 Å². The Labute approximate surface area is 90.0 Å². The van der Waals surface area contributed by atoms with Crippen LogP contribution in [0.4, 0.5) is 0 Å². The highest BCUT2D eigenvalue weighted by atomic mass is 28.3. The van der Waals surface area contributed by atoms with Crippen molar-refractivity contribution in [1.29, 1.82) is 0 Å². The average Bonchev–Trinajstić information content (AvgIpc) is 2.03. The third-order valence-electron chi connectivity index (χ3n) is 1.63. The summed E-state index contributed by atoms with van der Waals surface area (Å²) in [6.45, 7) is 9.34. The molecule has 0 spiro atoms. The van der Waals surface area contributed by atoms with Crippen molar-refractivity contribution in [3.63, 3.8) is 0 Å². The van der Waals surface area contributed by atoms with Crippen LogP contribution in [0.5, 0.6) is 0 Å². The second-order valence-corrected chi connectivity index (χ2v) is 8.11. The molecular formula is C8H23NO3Si2. The Balaban J connectivity index is 0.000000364. The van der Waals surface area contributed by atoms with Crippen LogP contribution in [0.3, 0.4) is 0 Å². The van der Waals surface area contributed by atoms with Gasteiger partial charge in [0, 0.05) is 19.3 Å². The summed E-state index contributed by atoms with van der Waals surface area (Å²) in [6, 6.07) is 0. The molecule has 0 amide bonds. The Bertz CT molecular complexity index is 127. The van der Waals surface area contributed by atoms with Crippen LogP contribution in [0, 0.1) is 0 Å². The van der Waals surface area contributed by atoms with Gasteiger partial charge in [0.2, 0.25) is 0 Å². The van der Waals surface area contributed by atoms with Gasteiger partial charge in [0.1, 0.15) is 0 Å². The van der Waals surface area contributed by atoms with Crippen LogP contribution < -0.4 is 0 Å². The van der Waals surface area contributed by atoms with E-state index in [1.54, 1.807) is 0 Å². The van der Waals surface area contributed by atoms with E-state index in [1.807, 2.05) is 19.6 Å². The second-order valence-electron chi connectivity index (χ2n) is 3.86. The minimum Gasteiger partial charge on any atom is -0.435 e. The molecule has 1 aliphatic heterocycles. The molecule has 1 saturated heterocycles. The predicted molar refractivity (Wildman–Crippen MR) is 63.6 cm³/mol. The molecule has 1 aliphatic rings. The molecule has 0 aromatic rings. The first kappa shape index (κ1) is 14.3. The highest BCUT2D eigenvalue weighted by Crippen LogP contribution is 1.96. The maximum Gasteiger partial charge on any atom is 0.183 e. The van der Waals surface area contributed by atoms with Gasteiger partial charge < -0.3 is 14.3 Å². The van der Waals surface area contributed by atoms with Crippen LogP contribution in [-0.4, -0.2) is 65.0 Å². The molecule has 0 saturated carbocycles. The van der Waals surface area contributed by atoms with Crippen molar-refractivity contribution in [2.45, 2.75) is 19.6 Å². The smallest absolute Gasteiger partial charge is 0.183 e. The Morgan fingerprint density at radius 2 is 1.57 bits per heavy atom. The first-order valence-corrected chi connectivity index (χ1v) is 10.5. The van der Waals surface area contributed by atoms with Crippen molar-refractivity contribution >= 4 is 18.1 Å². The van der Waals surface area contributed by atoms with Crippen LogP contribution in [0.15, 0.2) is 0 Å². The zero-order valence-electron chi connectivity index (χ0n) is 9.44. The molecule has 4 nitrogen and oxygen atoms in total. The summed E-state index contributed by atoms with van der Waals surface area (Å²) in [5.74, 6) is 0. The van der Waals surface area contributed by atoms with Gasteiger partial charge in [0.25, 0.3) is 0 Å². The number of hydrogen-bond donors (Lipinski definition) is 2. The van der Waals surface area contributed by atoms with Crippen molar-refractivity contribution in [3.8, 4) is 0 Å². The van der Waals surface area contributed by atoms with E-state index in [0.717, 1.165) is 32.5 Å². The molecule has 1 rings (SSSR count). The molecule has 0 aliphatic carbocycles. The van der Waals surface area contributed by atoms with Crippen molar-refractivity contribution in [3.05, 3.63) is 0 Å². The highest BCUT2D eigenvalue weighted by molar-refractivity contribution is 6.48. The molecule has 86 valence electrons. The molecular weight excluding hydrogens is 214 g/mol. The molecule has 14 heavy (non-hydrogen) atoms. The van der Waals surface area contributed by atoms with Gasteiger partial charge in [-0.2, -0.15) is 0 Å². The van der Waals surface area contributed by atoms with Gasteiger partial charge in [0.05, 0.1) is 13.2 Å². The molecule has 6 heteroatoms. The lowest BCUT2D eigenvalue weighted by atomic mass is 10.5. The first-order valence-electron chi connectivity index (χ1n) is 5.18. The third kappa shape index (κ3) is 10.4. The van der Waals surface area contributed by atoms with Gasteiger partial charge in [-0.3, -0.25) is 4.90 Å². The number of nitrogens with zero attached hydrogens (tertiary/aromatic N) is 1. The predicted octanol–water partition coefficient (Wildman–Crippen LogP) is -0.834. The summed E-state index contributed by atoms with van der Waals surface area (Å²) >= 11 is 0. The van der Waals surface area contributed by atoms with Crippen molar-refractivity contribution in [2.75, 3.05) is 32.5 Å². The van der Waals surface area contributed by atoms with Gasteiger partial charge in [-0.05, 0) is 19.6 Å². The summed E-state index contributed by atoms with van der Waals surface area (Å²) in [5, 5.41) is 0. The largest absolute Gasteiger partial charge is 0.435 e. The van der Waals surface area contributed by atoms with E-state index in [-0.39, 0.29) is 0 Å². The normalized spacial score (nSPS) is 20.1. The monoisotopic (exact) mass is 237 g/mol. The van der Waals surface area contributed by atoms with Gasteiger partial charge in [-0.1, -0.05) is 0 Å². The molecule has 0 bridgehead atoms. The minimum absolute atomic E-state index is 0.834. The quantitative estimate of drug-likeness (QED) is 0.615. The fraction of sp³-hybridized carbons (Fsp3) is 1.00. The first-order chi connectivity index (χ1) is 6.52. The van der Waals surface area contributed by atoms with Gasteiger partial charge in [-0.15, -0.1) is 0 Å². The third-order valence-corrected chi connectivity index (χ3v) is 2.67. The summed E-state index contributed by atoms with van der Waals surface area (Å²) in [4.78, 5) is 19.6. The van der Waals surface area contributed by atoms with Gasteiger partial charge in [0.15, 0.2) is 18.1 Å². The molecule has 0 radical (unpaired) electrons. The standard InChI is InChI=1S/C6H15NO2Si.C2H8OSi/c1-10(8)6-7-2-4-9-5-3-7;1-4(2)3/h8,10H,2-6H2,1H3;3-4H,1-2H3. The van der Waals surface area contributed by atoms with Gasteiger partial charge in [-0.25, -0.2) is 0 Å². The summed E-state index contributed by atoms with van der Waals surface area (Å²) < 4.78 is 5.17. The van der Waals surface area contributed by atoms with Crippen molar-refractivity contribution < 1.29 is 14.3 Å². The fourth-order valence-corrected chi connectivity index (χ4v) is 2.27. The Hall–Kier alpha value is 0.274. The van der Waals surface area contributed by atoms with E-state index < -0.39 is 18.1 Å². The SMILES string of the molecule is C[SiH](C)O.C[SiH](O)CN1CCOCC1. The Kier molecular flexibility index (Phi) is 8.74. The van der Waals surface area contributed by atoms with E-state index in [1.165, 1.54) is 0 Å². The van der Waals surface area contributed by atoms with E-state index in [9.17, 15) is 0 Å². The van der Waals surface area contributed by atoms with Crippen LogP contribution in [0.2, 0.25) is 19.6 Å². The number of hydrogen-bond acceptors (Lipinski definition) is 4. The average molecular weight is 237 g/mol. The number of morpholine rings is 1. The summed E-state index contributed by atoms with van der Waals surface area (Å²) in [7, 11) is -2.51. The Morgan fingerprint density at radius 1 is 1.14 bits per heavy atom. The van der Waals surface area contributed by atoms with E-state index in [4.69, 9.17) is 14.3 Å². The molecule has 1 heterocycles. The zero-order chi connectivity index (χ0) is 11.0. The van der Waals surface area contributed by atoms with Crippen LogP contribution in [-0.2, 0) is 4.74 Å². The molecule has 1 atom stereocenters. The van der Waals surface area contributed by atoms with E-state index >= 15 is 0 Å². The van der Waals surface area contributed by atoms with Crippen molar-refractivity contribution in [2.24, 2.45) is 0 Å². The molecule has 2 N–H and O–H groups in total.